The van der Waals surface area contributed by atoms with Gasteiger partial charge in [-0.25, -0.2) is 0 Å². The molecule has 0 saturated carbocycles. The van der Waals surface area contributed by atoms with E-state index in [0.29, 0.717) is 5.41 Å². The molecule has 0 radical (unpaired) electrons. The van der Waals surface area contributed by atoms with Gasteiger partial charge in [0.25, 0.3) is 0 Å². The highest BCUT2D eigenvalue weighted by atomic mass is 16.5. The zero-order valence-electron chi connectivity index (χ0n) is 11.8. The first-order valence-electron chi connectivity index (χ1n) is 7.10. The fraction of sp³-hybridized carbons (Fsp3) is 0.562. The van der Waals surface area contributed by atoms with Crippen molar-refractivity contribution in [3.63, 3.8) is 0 Å². The molecular formula is C16H20N2O. The molecule has 0 atom stereocenters. The van der Waals surface area contributed by atoms with E-state index in [1.807, 2.05) is 0 Å². The Balaban J connectivity index is 1.88. The van der Waals surface area contributed by atoms with Gasteiger partial charge in [-0.2, -0.15) is 0 Å². The van der Waals surface area contributed by atoms with Gasteiger partial charge in [-0.05, 0) is 24.5 Å². The molecule has 1 aromatic heterocycles. The van der Waals surface area contributed by atoms with Crippen LogP contribution in [0.25, 0.3) is 11.0 Å². The predicted molar refractivity (Wildman–Crippen MR) is 75.4 cm³/mol. The monoisotopic (exact) mass is 256 g/mol. The molecule has 1 fully saturated rings. The average Bonchev–Trinajstić information content (AvgIpc) is 2.87. The maximum absolute atomic E-state index is 5.71. The largest absolute Gasteiger partial charge is 0.356 e. The molecule has 1 aliphatic carbocycles. The molecule has 3 heteroatoms. The molecule has 1 aliphatic heterocycles. The van der Waals surface area contributed by atoms with Crippen LogP contribution < -0.4 is 5.32 Å². The number of nitrogens with zero attached hydrogens (tertiary/aromatic N) is 1. The van der Waals surface area contributed by atoms with Gasteiger partial charge in [-0.15, -0.1) is 0 Å². The minimum absolute atomic E-state index is 0.0355. The van der Waals surface area contributed by atoms with Gasteiger partial charge in [0.05, 0.1) is 5.69 Å². The fourth-order valence-corrected chi connectivity index (χ4v) is 3.57. The van der Waals surface area contributed by atoms with Crippen molar-refractivity contribution in [2.24, 2.45) is 5.41 Å². The summed E-state index contributed by atoms with van der Waals surface area (Å²) >= 11 is 0. The summed E-state index contributed by atoms with van der Waals surface area (Å²) < 4.78 is 5.71. The summed E-state index contributed by atoms with van der Waals surface area (Å²) in [5, 5.41) is 8.96. The third-order valence-corrected chi connectivity index (χ3v) is 4.67. The summed E-state index contributed by atoms with van der Waals surface area (Å²) in [7, 11) is 0. The lowest BCUT2D eigenvalue weighted by Crippen LogP contribution is -2.53. The van der Waals surface area contributed by atoms with E-state index in [-0.39, 0.29) is 5.41 Å². The highest BCUT2D eigenvalue weighted by Gasteiger charge is 2.43. The summed E-state index contributed by atoms with van der Waals surface area (Å²) in [6.45, 7) is 8.85. The molecule has 2 aliphatic rings. The Morgan fingerprint density at radius 1 is 1.21 bits per heavy atom. The Kier molecular flexibility index (Phi) is 2.05. The molecule has 100 valence electrons. The molecule has 0 amide bonds. The van der Waals surface area contributed by atoms with E-state index in [0.717, 1.165) is 30.8 Å². The van der Waals surface area contributed by atoms with Crippen LogP contribution in [0.5, 0.6) is 0 Å². The first kappa shape index (κ1) is 11.5. The van der Waals surface area contributed by atoms with Crippen LogP contribution in [0.2, 0.25) is 0 Å². The maximum Gasteiger partial charge on any atom is 0.170 e. The number of fused-ring (bicyclic) bond motifs is 3. The number of benzene rings is 1. The zero-order valence-corrected chi connectivity index (χ0v) is 11.8. The second-order valence-electron chi connectivity index (χ2n) is 7.32. The van der Waals surface area contributed by atoms with Crippen LogP contribution in [0.1, 0.15) is 37.6 Å². The number of hydrogen-bond donors (Lipinski definition) is 1. The summed E-state index contributed by atoms with van der Waals surface area (Å²) in [6.07, 6.45) is 2.34. The molecule has 4 rings (SSSR count). The van der Waals surface area contributed by atoms with Gasteiger partial charge in [0.1, 0.15) is 0 Å². The fourth-order valence-electron chi connectivity index (χ4n) is 3.57. The van der Waals surface area contributed by atoms with Crippen LogP contribution >= 0.6 is 0 Å². The molecule has 1 spiro atoms. The van der Waals surface area contributed by atoms with Crippen molar-refractivity contribution < 1.29 is 4.52 Å². The summed E-state index contributed by atoms with van der Waals surface area (Å²) in [5.41, 5.74) is 5.48. The Morgan fingerprint density at radius 3 is 2.63 bits per heavy atom. The van der Waals surface area contributed by atoms with Gasteiger partial charge < -0.3 is 9.84 Å². The third kappa shape index (κ3) is 1.51. The van der Waals surface area contributed by atoms with E-state index in [1.165, 1.54) is 22.9 Å². The molecule has 1 aromatic carbocycles. The summed E-state index contributed by atoms with van der Waals surface area (Å²) in [6, 6.07) is 4.49. The Hall–Kier alpha value is -1.35. The first-order valence-corrected chi connectivity index (χ1v) is 7.10. The molecule has 1 saturated heterocycles. The minimum Gasteiger partial charge on any atom is -0.356 e. The van der Waals surface area contributed by atoms with E-state index < -0.39 is 0 Å². The highest BCUT2D eigenvalue weighted by Crippen LogP contribution is 2.44. The normalized spacial score (nSPS) is 20.8. The van der Waals surface area contributed by atoms with Crippen LogP contribution in [0.3, 0.4) is 0 Å². The lowest BCUT2D eigenvalue weighted by atomic mass is 9.79. The van der Waals surface area contributed by atoms with Gasteiger partial charge in [0, 0.05) is 34.9 Å². The maximum atomic E-state index is 5.71. The summed E-state index contributed by atoms with van der Waals surface area (Å²) in [4.78, 5) is 0. The number of nitrogens with one attached hydrogen (secondary N) is 1. The van der Waals surface area contributed by atoms with Crippen molar-refractivity contribution in [2.75, 3.05) is 13.1 Å². The van der Waals surface area contributed by atoms with Gasteiger partial charge in [0.2, 0.25) is 0 Å². The average molecular weight is 256 g/mol. The predicted octanol–water partition coefficient (Wildman–Crippen LogP) is 2.81. The van der Waals surface area contributed by atoms with Gasteiger partial charge in [-0.3, -0.25) is 0 Å². The van der Waals surface area contributed by atoms with Crippen molar-refractivity contribution in [3.8, 4) is 0 Å². The van der Waals surface area contributed by atoms with E-state index in [2.05, 4.69) is 43.4 Å². The molecule has 0 unspecified atom stereocenters. The van der Waals surface area contributed by atoms with Crippen molar-refractivity contribution >= 4 is 11.0 Å². The first-order chi connectivity index (χ1) is 8.99. The molecule has 2 heterocycles. The van der Waals surface area contributed by atoms with Crippen LogP contribution in [0, 0.1) is 5.41 Å². The molecule has 19 heavy (non-hydrogen) atoms. The SMILES string of the molecule is CC(C)(C)c1noc2c3c(ccc12)CC1(CNC1)C3. The van der Waals surface area contributed by atoms with Crippen molar-refractivity contribution in [1.29, 1.82) is 0 Å². The van der Waals surface area contributed by atoms with Crippen LogP contribution in [0.15, 0.2) is 16.7 Å². The van der Waals surface area contributed by atoms with Crippen molar-refractivity contribution in [2.45, 2.75) is 39.0 Å². The van der Waals surface area contributed by atoms with E-state index in [1.54, 1.807) is 0 Å². The van der Waals surface area contributed by atoms with E-state index in [4.69, 9.17) is 4.52 Å². The smallest absolute Gasteiger partial charge is 0.170 e. The standard InChI is InChI=1S/C16H20N2O/c1-15(2,3)14-11-5-4-10-6-16(8-17-9-16)7-12(10)13(11)19-18-14/h4-5,17H,6-9H2,1-3H3. The van der Waals surface area contributed by atoms with Gasteiger partial charge >= 0.3 is 0 Å². The van der Waals surface area contributed by atoms with E-state index >= 15 is 0 Å². The Bertz CT molecular complexity index is 659. The zero-order chi connectivity index (χ0) is 13.3. The molecule has 0 bridgehead atoms. The topological polar surface area (TPSA) is 38.1 Å². The number of hydrogen-bond acceptors (Lipinski definition) is 3. The van der Waals surface area contributed by atoms with Crippen LogP contribution in [0.4, 0.5) is 0 Å². The summed E-state index contributed by atoms with van der Waals surface area (Å²) in [5.74, 6) is 0. The van der Waals surface area contributed by atoms with Crippen LogP contribution in [-0.4, -0.2) is 18.2 Å². The Morgan fingerprint density at radius 2 is 2.00 bits per heavy atom. The Labute approximate surface area is 113 Å². The van der Waals surface area contributed by atoms with Gasteiger partial charge in [-0.1, -0.05) is 32.0 Å². The lowest BCUT2D eigenvalue weighted by molar-refractivity contribution is 0.183. The number of rotatable bonds is 0. The highest BCUT2D eigenvalue weighted by molar-refractivity contribution is 5.85. The molecule has 1 N–H and O–H groups in total. The lowest BCUT2D eigenvalue weighted by Gasteiger charge is -2.39. The van der Waals surface area contributed by atoms with E-state index in [9.17, 15) is 0 Å². The third-order valence-electron chi connectivity index (χ3n) is 4.67. The molecular weight excluding hydrogens is 236 g/mol. The van der Waals surface area contributed by atoms with Crippen LogP contribution in [-0.2, 0) is 18.3 Å². The van der Waals surface area contributed by atoms with Crippen molar-refractivity contribution in [3.05, 3.63) is 29.0 Å². The molecule has 3 nitrogen and oxygen atoms in total. The number of aromatic nitrogens is 1. The van der Waals surface area contributed by atoms with Crippen molar-refractivity contribution in [1.82, 2.24) is 10.5 Å². The quantitative estimate of drug-likeness (QED) is 0.787. The second kappa shape index (κ2) is 3.40. The minimum atomic E-state index is 0.0355. The molecule has 2 aromatic rings. The second-order valence-corrected chi connectivity index (χ2v) is 7.32. The van der Waals surface area contributed by atoms with Gasteiger partial charge in [0.15, 0.2) is 5.58 Å².